The summed E-state index contributed by atoms with van der Waals surface area (Å²) in [6.45, 7) is 4.17. The minimum absolute atomic E-state index is 0.177. The molecule has 0 aromatic heterocycles. The van der Waals surface area contributed by atoms with Crippen molar-refractivity contribution in [1.29, 1.82) is 0 Å². The van der Waals surface area contributed by atoms with Crippen LogP contribution in [0.3, 0.4) is 0 Å². The summed E-state index contributed by atoms with van der Waals surface area (Å²) in [5.74, 6) is 0.177. The summed E-state index contributed by atoms with van der Waals surface area (Å²) < 4.78 is 1.11. The van der Waals surface area contributed by atoms with Gasteiger partial charge in [-0.05, 0) is 67.5 Å². The van der Waals surface area contributed by atoms with Crippen molar-refractivity contribution in [2.24, 2.45) is 0 Å². The number of carbonyl (C=O) groups is 1. The fourth-order valence-corrected chi connectivity index (χ4v) is 2.49. The molecule has 2 nitrogen and oxygen atoms in total. The Balaban J connectivity index is 2.22. The van der Waals surface area contributed by atoms with Gasteiger partial charge in [0, 0.05) is 21.2 Å². The molecule has 1 aromatic carbocycles. The van der Waals surface area contributed by atoms with E-state index >= 15 is 0 Å². The lowest BCUT2D eigenvalue weighted by atomic mass is 10.1. The average molecular weight is 329 g/mol. The van der Waals surface area contributed by atoms with Crippen LogP contribution in [0.5, 0.6) is 0 Å². The normalized spacial score (nSPS) is 15.2. The molecule has 1 saturated carbocycles. The van der Waals surface area contributed by atoms with Gasteiger partial charge in [-0.3, -0.25) is 4.79 Å². The summed E-state index contributed by atoms with van der Waals surface area (Å²) in [6.07, 6.45) is 2.32. The number of hydrogen-bond donors (Lipinski definition) is 0. The average Bonchev–Trinajstić information content (AvgIpc) is 3.01. The summed E-state index contributed by atoms with van der Waals surface area (Å²) in [5.41, 5.74) is 0.813. The fourth-order valence-electron chi connectivity index (χ4n) is 1.95. The molecule has 2 rings (SSSR count). The number of carbonyl (C=O) groups excluding carboxylic acids is 1. The Hall–Kier alpha value is -0.580. The van der Waals surface area contributed by atoms with Crippen LogP contribution in [0.4, 0.5) is 0 Å². The Morgan fingerprint density at radius 2 is 2.12 bits per heavy atom. The monoisotopic (exact) mass is 329 g/mol. The second kappa shape index (κ2) is 4.73. The largest absolute Gasteiger partial charge is 0.333 e. The Labute approximate surface area is 110 Å². The van der Waals surface area contributed by atoms with Gasteiger partial charge < -0.3 is 4.90 Å². The van der Waals surface area contributed by atoms with E-state index in [1.165, 1.54) is 0 Å². The molecule has 1 aromatic rings. The van der Waals surface area contributed by atoms with E-state index in [4.69, 9.17) is 0 Å². The van der Waals surface area contributed by atoms with Gasteiger partial charge in [0.15, 0.2) is 0 Å². The summed E-state index contributed by atoms with van der Waals surface area (Å²) in [6, 6.07) is 8.58. The highest BCUT2D eigenvalue weighted by Gasteiger charge is 2.34. The Bertz CT molecular complexity index is 397. The van der Waals surface area contributed by atoms with Crippen molar-refractivity contribution in [2.75, 3.05) is 0 Å². The lowest BCUT2D eigenvalue weighted by Crippen LogP contribution is -2.38. The molecule has 3 heteroatoms. The number of rotatable bonds is 3. The highest BCUT2D eigenvalue weighted by atomic mass is 127. The van der Waals surface area contributed by atoms with Crippen molar-refractivity contribution in [1.82, 2.24) is 4.90 Å². The molecule has 0 radical (unpaired) electrons. The molecule has 0 saturated heterocycles. The highest BCUT2D eigenvalue weighted by Crippen LogP contribution is 2.30. The lowest BCUT2D eigenvalue weighted by Gasteiger charge is -2.26. The smallest absolute Gasteiger partial charge is 0.254 e. The van der Waals surface area contributed by atoms with Crippen molar-refractivity contribution in [3.63, 3.8) is 0 Å². The van der Waals surface area contributed by atoms with Crippen molar-refractivity contribution >= 4 is 28.5 Å². The fraction of sp³-hybridized carbons (Fsp3) is 0.462. The van der Waals surface area contributed by atoms with Crippen LogP contribution >= 0.6 is 22.6 Å². The molecule has 86 valence electrons. The van der Waals surface area contributed by atoms with E-state index in [0.717, 1.165) is 22.0 Å². The number of halogens is 1. The number of nitrogens with zero attached hydrogens (tertiary/aromatic N) is 1. The lowest BCUT2D eigenvalue weighted by molar-refractivity contribution is 0.0690. The predicted octanol–water partition coefficient (Wildman–Crippen LogP) is 3.30. The van der Waals surface area contributed by atoms with E-state index in [1.54, 1.807) is 0 Å². The van der Waals surface area contributed by atoms with Gasteiger partial charge >= 0.3 is 0 Å². The molecular weight excluding hydrogens is 313 g/mol. The van der Waals surface area contributed by atoms with Crippen LogP contribution in [0.15, 0.2) is 24.3 Å². The molecule has 1 aliphatic carbocycles. The van der Waals surface area contributed by atoms with Gasteiger partial charge in [-0.25, -0.2) is 0 Å². The molecule has 0 bridgehead atoms. The van der Waals surface area contributed by atoms with Gasteiger partial charge in [-0.2, -0.15) is 0 Å². The molecule has 0 heterocycles. The summed E-state index contributed by atoms with van der Waals surface area (Å²) in [4.78, 5) is 14.4. The molecule has 0 aliphatic heterocycles. The predicted molar refractivity (Wildman–Crippen MR) is 73.5 cm³/mol. The zero-order valence-electron chi connectivity index (χ0n) is 9.61. The second-order valence-corrected chi connectivity index (χ2v) is 5.79. The van der Waals surface area contributed by atoms with Crippen molar-refractivity contribution in [2.45, 2.75) is 38.8 Å². The molecule has 0 unspecified atom stereocenters. The first-order valence-corrected chi connectivity index (χ1v) is 6.75. The summed E-state index contributed by atoms with van der Waals surface area (Å²) >= 11 is 2.24. The molecule has 0 atom stereocenters. The van der Waals surface area contributed by atoms with E-state index in [-0.39, 0.29) is 11.9 Å². The Kier molecular flexibility index (Phi) is 3.52. The van der Waals surface area contributed by atoms with Crippen molar-refractivity contribution in [3.8, 4) is 0 Å². The van der Waals surface area contributed by atoms with Gasteiger partial charge in [0.2, 0.25) is 0 Å². The standard InChI is InChI=1S/C13H16INO/c1-9(2)15(12-6-7-12)13(16)10-4-3-5-11(14)8-10/h3-5,8-9,12H,6-7H2,1-2H3. The maximum Gasteiger partial charge on any atom is 0.254 e. The van der Waals surface area contributed by atoms with Crippen LogP contribution in [0, 0.1) is 3.57 Å². The molecule has 0 N–H and O–H groups in total. The van der Waals surface area contributed by atoms with Crippen molar-refractivity contribution in [3.05, 3.63) is 33.4 Å². The van der Waals surface area contributed by atoms with Crippen LogP contribution < -0.4 is 0 Å². The van der Waals surface area contributed by atoms with Gasteiger partial charge in [0.05, 0.1) is 0 Å². The summed E-state index contributed by atoms with van der Waals surface area (Å²) in [5, 5.41) is 0. The van der Waals surface area contributed by atoms with Gasteiger partial charge in [0.25, 0.3) is 5.91 Å². The first-order chi connectivity index (χ1) is 7.59. The van der Waals surface area contributed by atoms with E-state index in [9.17, 15) is 4.79 Å². The molecule has 1 fully saturated rings. The maximum absolute atomic E-state index is 12.3. The van der Waals surface area contributed by atoms with Gasteiger partial charge in [-0.1, -0.05) is 6.07 Å². The van der Waals surface area contributed by atoms with Crippen LogP contribution in [0.25, 0.3) is 0 Å². The quantitative estimate of drug-likeness (QED) is 0.779. The highest BCUT2D eigenvalue weighted by molar-refractivity contribution is 14.1. The van der Waals surface area contributed by atoms with E-state index in [2.05, 4.69) is 36.4 Å². The van der Waals surface area contributed by atoms with E-state index in [1.807, 2.05) is 29.2 Å². The Morgan fingerprint density at radius 1 is 1.44 bits per heavy atom. The third kappa shape index (κ3) is 2.56. The van der Waals surface area contributed by atoms with Gasteiger partial charge in [0.1, 0.15) is 0 Å². The van der Waals surface area contributed by atoms with E-state index < -0.39 is 0 Å². The first kappa shape index (κ1) is 11.9. The minimum Gasteiger partial charge on any atom is -0.333 e. The zero-order valence-corrected chi connectivity index (χ0v) is 11.8. The topological polar surface area (TPSA) is 20.3 Å². The molecule has 1 amide bonds. The first-order valence-electron chi connectivity index (χ1n) is 5.68. The van der Waals surface area contributed by atoms with Crippen LogP contribution in [0.1, 0.15) is 37.0 Å². The third-order valence-corrected chi connectivity index (χ3v) is 3.47. The molecular formula is C13H16INO. The third-order valence-electron chi connectivity index (χ3n) is 2.80. The minimum atomic E-state index is 0.177. The molecule has 16 heavy (non-hydrogen) atoms. The molecule has 1 aliphatic rings. The van der Waals surface area contributed by atoms with E-state index in [0.29, 0.717) is 6.04 Å². The zero-order chi connectivity index (χ0) is 11.7. The van der Waals surface area contributed by atoms with Crippen LogP contribution in [-0.2, 0) is 0 Å². The van der Waals surface area contributed by atoms with Crippen molar-refractivity contribution < 1.29 is 4.79 Å². The molecule has 0 spiro atoms. The number of benzene rings is 1. The Morgan fingerprint density at radius 3 is 2.62 bits per heavy atom. The van der Waals surface area contributed by atoms with Gasteiger partial charge in [-0.15, -0.1) is 0 Å². The number of hydrogen-bond acceptors (Lipinski definition) is 1. The van der Waals surface area contributed by atoms with Crippen LogP contribution in [0.2, 0.25) is 0 Å². The number of amides is 1. The summed E-state index contributed by atoms with van der Waals surface area (Å²) in [7, 11) is 0. The van der Waals surface area contributed by atoms with Crippen LogP contribution in [-0.4, -0.2) is 22.9 Å². The maximum atomic E-state index is 12.3. The SMILES string of the molecule is CC(C)N(C(=O)c1cccc(I)c1)C1CC1. The second-order valence-electron chi connectivity index (χ2n) is 4.55.